The van der Waals surface area contributed by atoms with Crippen molar-refractivity contribution in [3.8, 4) is 0 Å². The van der Waals surface area contributed by atoms with Crippen LogP contribution in [-0.2, 0) is 19.6 Å². The number of carbonyl (C=O) groups is 2. The zero-order valence-electron chi connectivity index (χ0n) is 19.5. The van der Waals surface area contributed by atoms with E-state index in [0.717, 1.165) is 4.41 Å². The fourth-order valence-corrected chi connectivity index (χ4v) is 4.73. The molecule has 5 N–H and O–H groups in total. The predicted molar refractivity (Wildman–Crippen MR) is 135 cm³/mol. The molecule has 0 aliphatic rings. The standard InChI is InChI=1S/C25H27N5O5S/c1-2-35-23(31)17-22(28-24(32)18-10-5-3-6-11-18)19-12-9-13-20(16-19)30(29-25(26)27)36(33,34)21-14-7-4-8-15-21/h3-16,22H,2,17H2,1H3,(H,28,32)(H4,26,27,29). The lowest BCUT2D eigenvalue weighted by Gasteiger charge is -2.26. The Balaban J connectivity index is 2.01. The number of nitrogens with zero attached hydrogens (tertiary/aromatic N) is 1. The highest BCUT2D eigenvalue weighted by Crippen LogP contribution is 2.27. The number of anilines is 1. The van der Waals surface area contributed by atoms with Crippen molar-refractivity contribution in [1.82, 2.24) is 10.7 Å². The molecule has 11 heteroatoms. The fraction of sp³-hybridized carbons (Fsp3) is 0.160. The Bertz CT molecular complexity index is 1320. The molecule has 0 bridgehead atoms. The van der Waals surface area contributed by atoms with Gasteiger partial charge in [-0.15, -0.1) is 0 Å². The van der Waals surface area contributed by atoms with Gasteiger partial charge in [0.1, 0.15) is 0 Å². The van der Waals surface area contributed by atoms with Gasteiger partial charge in [-0.1, -0.05) is 48.5 Å². The van der Waals surface area contributed by atoms with E-state index in [-0.39, 0.29) is 23.6 Å². The van der Waals surface area contributed by atoms with Crippen LogP contribution in [0, 0.1) is 5.41 Å². The number of hydrogen-bond donors (Lipinski definition) is 4. The van der Waals surface area contributed by atoms with Gasteiger partial charge in [0.2, 0.25) is 5.96 Å². The van der Waals surface area contributed by atoms with E-state index in [4.69, 9.17) is 15.9 Å². The summed E-state index contributed by atoms with van der Waals surface area (Å²) in [6.45, 7) is 1.85. The first-order chi connectivity index (χ1) is 17.2. The highest BCUT2D eigenvalue weighted by atomic mass is 32.2. The van der Waals surface area contributed by atoms with Crippen molar-refractivity contribution in [2.45, 2.75) is 24.3 Å². The normalized spacial score (nSPS) is 11.7. The lowest BCUT2D eigenvalue weighted by molar-refractivity contribution is -0.143. The second kappa shape index (κ2) is 11.8. The van der Waals surface area contributed by atoms with Crippen LogP contribution < -0.4 is 20.9 Å². The minimum absolute atomic E-state index is 0.0235. The molecule has 0 spiro atoms. The number of hydrogen-bond acceptors (Lipinski definition) is 6. The van der Waals surface area contributed by atoms with Gasteiger partial charge in [0, 0.05) is 5.56 Å². The first kappa shape index (κ1) is 26.2. The van der Waals surface area contributed by atoms with Crippen molar-refractivity contribution in [2.75, 3.05) is 11.0 Å². The third kappa shape index (κ3) is 6.60. The average Bonchev–Trinajstić information content (AvgIpc) is 2.88. The molecule has 0 aliphatic heterocycles. The third-order valence-electron chi connectivity index (χ3n) is 5.03. The second-order valence-corrected chi connectivity index (χ2v) is 9.39. The number of benzene rings is 3. The Labute approximate surface area is 209 Å². The number of rotatable bonds is 10. The summed E-state index contributed by atoms with van der Waals surface area (Å²) in [5.41, 5.74) is 8.80. The molecule has 0 saturated heterocycles. The summed E-state index contributed by atoms with van der Waals surface area (Å²) in [7, 11) is -4.17. The Kier molecular flexibility index (Phi) is 8.63. The van der Waals surface area contributed by atoms with Crippen LogP contribution in [0.2, 0.25) is 0 Å². The van der Waals surface area contributed by atoms with E-state index in [1.54, 1.807) is 67.6 Å². The van der Waals surface area contributed by atoms with Crippen LogP contribution >= 0.6 is 0 Å². The number of esters is 1. The molecular weight excluding hydrogens is 482 g/mol. The van der Waals surface area contributed by atoms with Gasteiger partial charge in [-0.05, 0) is 48.9 Å². The van der Waals surface area contributed by atoms with Crippen molar-refractivity contribution < 1.29 is 22.7 Å². The van der Waals surface area contributed by atoms with Crippen molar-refractivity contribution in [3.63, 3.8) is 0 Å². The molecule has 10 nitrogen and oxygen atoms in total. The third-order valence-corrected chi connectivity index (χ3v) is 6.68. The van der Waals surface area contributed by atoms with Gasteiger partial charge < -0.3 is 15.8 Å². The first-order valence-corrected chi connectivity index (χ1v) is 12.5. The quantitative estimate of drug-likeness (QED) is 0.142. The van der Waals surface area contributed by atoms with E-state index in [1.165, 1.54) is 24.3 Å². The number of nitrogens with two attached hydrogens (primary N) is 1. The van der Waals surface area contributed by atoms with Gasteiger partial charge >= 0.3 is 5.97 Å². The lowest BCUT2D eigenvalue weighted by Crippen LogP contribution is -2.49. The smallest absolute Gasteiger partial charge is 0.308 e. The van der Waals surface area contributed by atoms with Gasteiger partial charge in [-0.25, -0.2) is 0 Å². The number of nitrogens with one attached hydrogen (secondary N) is 3. The summed E-state index contributed by atoms with van der Waals surface area (Å²) in [4.78, 5) is 25.1. The number of ether oxygens (including phenoxy) is 1. The molecule has 0 radical (unpaired) electrons. The number of sulfonamides is 1. The van der Waals surface area contributed by atoms with E-state index in [1.807, 2.05) is 0 Å². The molecule has 0 aromatic heterocycles. The van der Waals surface area contributed by atoms with Gasteiger partial charge in [-0.3, -0.25) is 20.4 Å². The van der Waals surface area contributed by atoms with Crippen molar-refractivity contribution in [2.24, 2.45) is 5.73 Å². The van der Waals surface area contributed by atoms with Crippen LogP contribution in [0.25, 0.3) is 0 Å². The second-order valence-electron chi connectivity index (χ2n) is 7.60. The van der Waals surface area contributed by atoms with E-state index in [9.17, 15) is 18.0 Å². The molecular formula is C25H27N5O5S. The molecule has 0 aliphatic carbocycles. The predicted octanol–water partition coefficient (Wildman–Crippen LogP) is 2.70. The molecule has 0 heterocycles. The molecule has 3 rings (SSSR count). The summed E-state index contributed by atoms with van der Waals surface area (Å²) in [6, 6.07) is 21.5. The molecule has 188 valence electrons. The zero-order chi connectivity index (χ0) is 26.1. The summed E-state index contributed by atoms with van der Waals surface area (Å²) in [5, 5.41) is 10.4. The number of hydrazine groups is 1. The molecule has 1 amide bonds. The minimum atomic E-state index is -4.17. The number of amides is 1. The lowest BCUT2D eigenvalue weighted by atomic mass is 10.0. The molecule has 3 aromatic rings. The fourth-order valence-electron chi connectivity index (χ4n) is 3.41. The van der Waals surface area contributed by atoms with Gasteiger partial charge in [0.15, 0.2) is 0 Å². The zero-order valence-corrected chi connectivity index (χ0v) is 20.4. The average molecular weight is 510 g/mol. The van der Waals surface area contributed by atoms with E-state index < -0.39 is 33.9 Å². The van der Waals surface area contributed by atoms with Gasteiger partial charge in [-0.2, -0.15) is 12.8 Å². The van der Waals surface area contributed by atoms with Crippen LogP contribution in [0.5, 0.6) is 0 Å². The van der Waals surface area contributed by atoms with Crippen LogP contribution in [0.15, 0.2) is 89.8 Å². The molecule has 3 aromatic carbocycles. The maximum atomic E-state index is 13.3. The maximum Gasteiger partial charge on any atom is 0.308 e. The summed E-state index contributed by atoms with van der Waals surface area (Å²) in [5.74, 6) is -1.54. The van der Waals surface area contributed by atoms with Crippen LogP contribution in [-0.4, -0.2) is 32.9 Å². The molecule has 1 atom stereocenters. The summed E-state index contributed by atoms with van der Waals surface area (Å²) < 4.78 is 32.5. The van der Waals surface area contributed by atoms with Crippen LogP contribution in [0.1, 0.15) is 35.3 Å². The summed E-state index contributed by atoms with van der Waals surface area (Å²) in [6.07, 6.45) is -0.179. The van der Waals surface area contributed by atoms with Crippen molar-refractivity contribution >= 4 is 33.5 Å². The topological polar surface area (TPSA) is 155 Å². The van der Waals surface area contributed by atoms with Crippen LogP contribution in [0.4, 0.5) is 5.69 Å². The number of carbonyl (C=O) groups excluding carboxylic acids is 2. The highest BCUT2D eigenvalue weighted by molar-refractivity contribution is 7.92. The van der Waals surface area contributed by atoms with Gasteiger partial charge in [0.25, 0.3) is 15.9 Å². The Morgan fingerprint density at radius 1 is 1.00 bits per heavy atom. The molecule has 36 heavy (non-hydrogen) atoms. The van der Waals surface area contributed by atoms with Crippen LogP contribution in [0.3, 0.4) is 0 Å². The number of guanidine groups is 1. The Morgan fingerprint density at radius 3 is 2.25 bits per heavy atom. The van der Waals surface area contributed by atoms with E-state index >= 15 is 0 Å². The first-order valence-electron chi connectivity index (χ1n) is 11.0. The minimum Gasteiger partial charge on any atom is -0.466 e. The van der Waals surface area contributed by atoms with Crippen molar-refractivity contribution in [3.05, 3.63) is 96.1 Å². The largest absolute Gasteiger partial charge is 0.466 e. The van der Waals surface area contributed by atoms with Crippen molar-refractivity contribution in [1.29, 1.82) is 5.41 Å². The Morgan fingerprint density at radius 2 is 1.64 bits per heavy atom. The SMILES string of the molecule is CCOC(=O)CC(NC(=O)c1ccccc1)c1cccc(N(NC(=N)N)S(=O)(=O)c2ccccc2)c1. The molecule has 1 unspecified atom stereocenters. The molecule has 0 saturated carbocycles. The monoisotopic (exact) mass is 509 g/mol. The highest BCUT2D eigenvalue weighted by Gasteiger charge is 2.27. The maximum absolute atomic E-state index is 13.3. The van der Waals surface area contributed by atoms with E-state index in [2.05, 4.69) is 10.7 Å². The molecule has 0 fully saturated rings. The van der Waals surface area contributed by atoms with E-state index in [0.29, 0.717) is 11.1 Å². The summed E-state index contributed by atoms with van der Waals surface area (Å²) >= 11 is 0. The van der Waals surface area contributed by atoms with Gasteiger partial charge in [0.05, 0.1) is 29.7 Å². The Hall–Kier alpha value is -4.38.